The largest absolute Gasteiger partial charge is 0.510 e. The van der Waals surface area contributed by atoms with E-state index in [4.69, 9.17) is 63.1 Å². The van der Waals surface area contributed by atoms with Crippen molar-refractivity contribution in [1.29, 1.82) is 0 Å². The van der Waals surface area contributed by atoms with Crippen molar-refractivity contribution in [2.45, 2.75) is 262 Å². The molecule has 0 saturated carbocycles. The number of hydrogen-bond acceptors (Lipinski definition) is 26. The van der Waals surface area contributed by atoms with Gasteiger partial charge in [-0.05, 0) is 98.8 Å². The molecule has 548 valence electrons. The van der Waals surface area contributed by atoms with Crippen molar-refractivity contribution in [3.63, 3.8) is 0 Å². The van der Waals surface area contributed by atoms with Crippen LogP contribution in [0, 0.1) is 5.41 Å². The average Bonchev–Trinajstić information content (AvgIpc) is 1.38. The monoisotopic (exact) mass is 1400 g/mol. The van der Waals surface area contributed by atoms with Crippen LogP contribution in [0.1, 0.15) is 134 Å². The Morgan fingerprint density at radius 2 is 1.31 bits per heavy atom. The number of aliphatic carboxylic acids is 1. The Hall–Kier alpha value is -5.92. The number of nitrogens with one attached hydrogen (secondary N) is 3. The van der Waals surface area contributed by atoms with Crippen molar-refractivity contribution < 1.29 is 136 Å². The lowest BCUT2D eigenvalue weighted by molar-refractivity contribution is -0.367. The van der Waals surface area contributed by atoms with Gasteiger partial charge >= 0.3 is 19.9 Å². The van der Waals surface area contributed by atoms with Crippen molar-refractivity contribution in [2.24, 2.45) is 16.9 Å². The highest BCUT2D eigenvalue weighted by molar-refractivity contribution is 7.47. The molecule has 4 fully saturated rings. The van der Waals surface area contributed by atoms with Gasteiger partial charge in [0.1, 0.15) is 71.9 Å². The predicted octanol–water partition coefficient (Wildman–Crippen LogP) is 1.18. The molecule has 0 aromatic heterocycles. The van der Waals surface area contributed by atoms with Gasteiger partial charge in [-0.2, -0.15) is 0 Å². The first-order chi connectivity index (χ1) is 45.1. The molecular weight excluding hydrogens is 1310 g/mol. The molecule has 0 radical (unpaired) electrons. The van der Waals surface area contributed by atoms with Gasteiger partial charge in [0.2, 0.25) is 17.7 Å². The van der Waals surface area contributed by atoms with E-state index in [1.807, 2.05) is 6.92 Å². The molecule has 0 bridgehead atoms. The number of allylic oxidation sites excluding steroid dienone is 10. The summed E-state index contributed by atoms with van der Waals surface area (Å²) >= 11 is 0. The van der Waals surface area contributed by atoms with E-state index in [1.165, 1.54) is 25.0 Å². The van der Waals surface area contributed by atoms with Gasteiger partial charge in [0.05, 0.1) is 25.4 Å². The van der Waals surface area contributed by atoms with Crippen molar-refractivity contribution in [2.75, 3.05) is 13.2 Å². The van der Waals surface area contributed by atoms with Crippen LogP contribution in [-0.2, 0) is 85.0 Å². The molecular formula is C63H98N5O28P. The van der Waals surface area contributed by atoms with Crippen LogP contribution in [0.2, 0.25) is 0 Å². The fraction of sp³-hybridized carbons (Fsp3) is 0.698. The lowest BCUT2D eigenvalue weighted by atomic mass is 9.85. The van der Waals surface area contributed by atoms with E-state index in [-0.39, 0.29) is 24.9 Å². The SMILES string of the molecule is C=C(C/C=C(\C)CCC=C(C)C)CCC(C)(C)/C=C/CC/C(C)=C\CO[C@H](COP(=O)(O)O[C@H]1O[C@H](C(N)=O)[C@@](C)(O)[C@H](OC(N)=O)[C@H]1O[C@@H]1O[C@H](C)[C@@H](O[C@@H]2O[C@H](C)[C@@H](O[C@@H]3O[C@H](C(=O)NC4=C(O)CCC4=O)[C@H](O)[C@H](O)[C@H]3O)[C@H](O)[C@H]2NC(C)=O)[C@H](O)[C@H]1NC(C)=O)C(=O)O. The number of phosphoric ester groups is 1. The smallest absolute Gasteiger partial charge is 0.474 e. The van der Waals surface area contributed by atoms with Gasteiger partial charge in [-0.25, -0.2) is 14.2 Å². The van der Waals surface area contributed by atoms with Crippen LogP contribution in [0.25, 0.3) is 0 Å². The molecule has 16 N–H and O–H groups in total. The zero-order valence-corrected chi connectivity index (χ0v) is 57.2. The molecule has 5 amide bonds. The number of amides is 5. The van der Waals surface area contributed by atoms with E-state index < -0.39 is 196 Å². The number of phosphoric acid groups is 1. The number of primary amides is 2. The van der Waals surface area contributed by atoms with Crippen LogP contribution < -0.4 is 27.4 Å². The molecule has 97 heavy (non-hydrogen) atoms. The standard InChI is InChI=1S/C63H98N5O28P/c1-29(2)16-15-18-30(3)19-20-32(5)23-26-62(10,11)25-14-13-17-31(4)24-27-86-39(56(80)81)28-87-97(84,85)96-60-51(52(95-61(65)82)63(12,83)53(94-60)54(64)78)93-58-42(67-36(9)70)43(73)48(33(6)89-58)90-57-41(66-35(8)69)44(74)49(34(7)88-57)91-59-47(77)45(75)46(76)50(92-59)55(79)68-40-37(71)21-22-38(40)72/h14,16,19,24-25,33-34,39,41-53,57-60,71,73-77,83H,5,13,15,17-18,20-23,26-28H2,1-4,6-12H3,(H2,64,78)(H2,65,82)(H,66,69)(H,67,70)(H,68,79)(H,80,81)(H,84,85)/b25-14+,30-19+,31-24-/t33-,34-,39-,41-,42-,43-,44-,45+,46-,47-,48-,49-,50+,51-,52-,53-,57+,58+,59-,60-,63+/m1/s1. The highest BCUT2D eigenvalue weighted by atomic mass is 31.2. The van der Waals surface area contributed by atoms with Gasteiger partial charge < -0.3 is 116 Å². The maximum atomic E-state index is 13.9. The molecule has 34 heteroatoms. The summed E-state index contributed by atoms with van der Waals surface area (Å²) in [7, 11) is -5.69. The number of Topliss-reactive ketones (excluding diaryl/α,β-unsaturated/α-hetero) is 1. The number of hydrogen-bond donors (Lipinski definition) is 14. The van der Waals surface area contributed by atoms with E-state index in [9.17, 15) is 83.9 Å². The molecule has 4 aliphatic heterocycles. The fourth-order valence-corrected chi connectivity index (χ4v) is 12.1. The minimum absolute atomic E-state index is 0.0838. The molecule has 0 spiro atoms. The van der Waals surface area contributed by atoms with Gasteiger partial charge in [0.15, 0.2) is 61.5 Å². The molecule has 33 nitrogen and oxygen atoms in total. The minimum atomic E-state index is -5.69. The molecule has 0 aromatic carbocycles. The average molecular weight is 1400 g/mol. The van der Waals surface area contributed by atoms with Crippen LogP contribution in [0.15, 0.2) is 70.7 Å². The molecule has 4 saturated heterocycles. The van der Waals surface area contributed by atoms with Crippen molar-refractivity contribution in [3.05, 3.63) is 70.7 Å². The number of ether oxygens (including phenoxy) is 9. The first-order valence-corrected chi connectivity index (χ1v) is 33.2. The number of carbonyl (C=O) groups excluding carboxylic acids is 6. The Bertz CT molecular complexity index is 3000. The third-order valence-corrected chi connectivity index (χ3v) is 17.7. The highest BCUT2D eigenvalue weighted by Gasteiger charge is 2.62. The summed E-state index contributed by atoms with van der Waals surface area (Å²) in [5.41, 5.74) is 12.2. The van der Waals surface area contributed by atoms with Gasteiger partial charge in [-0.15, -0.1) is 0 Å². The zero-order chi connectivity index (χ0) is 72.8. The molecule has 5 rings (SSSR count). The summed E-state index contributed by atoms with van der Waals surface area (Å²) in [5, 5.41) is 95.4. The summed E-state index contributed by atoms with van der Waals surface area (Å²) < 4.78 is 76.5. The van der Waals surface area contributed by atoms with E-state index in [0.29, 0.717) is 12.8 Å². The predicted molar refractivity (Wildman–Crippen MR) is 338 cm³/mol. The van der Waals surface area contributed by atoms with Crippen LogP contribution in [0.5, 0.6) is 0 Å². The second-order valence-corrected chi connectivity index (χ2v) is 27.4. The first-order valence-electron chi connectivity index (χ1n) is 31.7. The Morgan fingerprint density at radius 3 is 1.84 bits per heavy atom. The summed E-state index contributed by atoms with van der Waals surface area (Å²) in [6, 6.07) is -3.53. The van der Waals surface area contributed by atoms with Gasteiger partial charge in [0, 0.05) is 26.7 Å². The highest BCUT2D eigenvalue weighted by Crippen LogP contribution is 2.49. The topological polar surface area (TPSA) is 508 Å². The van der Waals surface area contributed by atoms with Crippen molar-refractivity contribution in [3.8, 4) is 0 Å². The zero-order valence-electron chi connectivity index (χ0n) is 56.3. The molecule has 1 aliphatic carbocycles. The molecule has 22 atom stereocenters. The molecule has 5 aliphatic rings. The summed E-state index contributed by atoms with van der Waals surface area (Å²) in [6.07, 6.45) is -21.5. The number of carboxylic acid groups (broad SMARTS) is 1. The molecule has 0 aromatic rings. The fourth-order valence-electron chi connectivity index (χ4n) is 11.2. The number of ketones is 1. The van der Waals surface area contributed by atoms with E-state index in [2.05, 4.69) is 81.5 Å². The van der Waals surface area contributed by atoms with E-state index in [0.717, 1.165) is 64.0 Å². The number of carboxylic acids is 1. The molecule has 1 unspecified atom stereocenters. The van der Waals surface area contributed by atoms with Crippen LogP contribution >= 0.6 is 7.82 Å². The lowest BCUT2D eigenvalue weighted by Crippen LogP contribution is -2.72. The number of rotatable bonds is 33. The van der Waals surface area contributed by atoms with Crippen LogP contribution in [-0.4, -0.2) is 229 Å². The number of aliphatic hydroxyl groups excluding tert-OH is 6. The molecule has 4 heterocycles. The Balaban J connectivity index is 1.28. The maximum Gasteiger partial charge on any atom is 0.474 e. The van der Waals surface area contributed by atoms with E-state index in [1.54, 1.807) is 6.08 Å². The Labute approximate surface area is 562 Å². The number of aliphatic hydroxyl groups is 7. The normalized spacial score (nSPS) is 33.8. The van der Waals surface area contributed by atoms with Crippen molar-refractivity contribution in [1.82, 2.24) is 16.0 Å². The van der Waals surface area contributed by atoms with E-state index >= 15 is 0 Å². The summed E-state index contributed by atoms with van der Waals surface area (Å²) in [5.74, 6) is -7.11. The number of nitrogens with two attached hydrogens (primary N) is 2. The van der Waals surface area contributed by atoms with Crippen LogP contribution in [0.4, 0.5) is 4.79 Å². The van der Waals surface area contributed by atoms with Crippen LogP contribution in [0.3, 0.4) is 0 Å². The maximum absolute atomic E-state index is 13.9. The number of carbonyl (C=O) groups is 7. The third-order valence-electron chi connectivity index (χ3n) is 16.8. The minimum Gasteiger partial charge on any atom is -0.510 e. The third kappa shape index (κ3) is 23.3. The Morgan fingerprint density at radius 1 is 0.753 bits per heavy atom. The second kappa shape index (κ2) is 35.9. The first kappa shape index (κ1) is 81.8. The summed E-state index contributed by atoms with van der Waals surface area (Å²) in [4.78, 5) is 100. The summed E-state index contributed by atoms with van der Waals surface area (Å²) in [6.45, 7) is 20.7. The quantitative estimate of drug-likeness (QED) is 0.0324. The second-order valence-electron chi connectivity index (χ2n) is 26.0. The van der Waals surface area contributed by atoms with Gasteiger partial charge in [0.25, 0.3) is 5.91 Å². The van der Waals surface area contributed by atoms with Gasteiger partial charge in [-0.1, -0.05) is 73.1 Å². The van der Waals surface area contributed by atoms with Crippen molar-refractivity contribution >= 4 is 49.3 Å². The Kier molecular flexibility index (Phi) is 30.3. The van der Waals surface area contributed by atoms with Gasteiger partial charge in [-0.3, -0.25) is 33.0 Å². The lowest BCUT2D eigenvalue weighted by Gasteiger charge is -2.51.